The molecule has 12 nitrogen and oxygen atoms in total. The maximum absolute atomic E-state index is 12.4. The highest BCUT2D eigenvalue weighted by atomic mass is 16.6. The molecule has 2 amide bonds. The summed E-state index contributed by atoms with van der Waals surface area (Å²) in [7, 11) is 0. The smallest absolute Gasteiger partial charge is 0.319 e. The van der Waals surface area contributed by atoms with E-state index in [9.17, 15) is 15.0 Å². The predicted molar refractivity (Wildman–Crippen MR) is 148 cm³/mol. The Balaban J connectivity index is 1.07. The van der Waals surface area contributed by atoms with Gasteiger partial charge in [0.1, 0.15) is 24.5 Å². The maximum atomic E-state index is 12.4. The molecule has 218 valence electrons. The molecule has 9 atom stereocenters. The van der Waals surface area contributed by atoms with Crippen molar-refractivity contribution in [3.8, 4) is 0 Å². The largest absolute Gasteiger partial charge is 0.387 e. The quantitative estimate of drug-likeness (QED) is 0.155. The number of carbonyl (C=O) groups excluding carboxylic acids is 1. The van der Waals surface area contributed by atoms with E-state index in [2.05, 4.69) is 41.6 Å². The Morgan fingerprint density at radius 3 is 2.44 bits per heavy atom. The van der Waals surface area contributed by atoms with Crippen LogP contribution in [0.25, 0.3) is 0 Å². The van der Waals surface area contributed by atoms with Crippen molar-refractivity contribution in [2.45, 2.75) is 101 Å². The molecule has 3 heterocycles. The van der Waals surface area contributed by atoms with Gasteiger partial charge in [-0.15, -0.1) is 0 Å². The van der Waals surface area contributed by atoms with Crippen molar-refractivity contribution in [3.63, 3.8) is 0 Å². The highest BCUT2D eigenvalue weighted by Crippen LogP contribution is 2.33. The van der Waals surface area contributed by atoms with Crippen molar-refractivity contribution < 1.29 is 19.7 Å². The molecule has 0 radical (unpaired) electrons. The maximum Gasteiger partial charge on any atom is 0.319 e. The molecule has 1 aromatic carbocycles. The number of carbonyl (C=O) groups is 1. The summed E-state index contributed by atoms with van der Waals surface area (Å²) in [5.74, 6) is 0. The Morgan fingerprint density at radius 1 is 1.13 bits per heavy atom. The van der Waals surface area contributed by atoms with Gasteiger partial charge in [-0.25, -0.2) is 14.8 Å². The van der Waals surface area contributed by atoms with Crippen LogP contribution in [0, 0.1) is 0 Å². The second kappa shape index (κ2) is 11.6. The van der Waals surface area contributed by atoms with E-state index in [-0.39, 0.29) is 29.8 Å². The Labute approximate surface area is 231 Å². The van der Waals surface area contributed by atoms with Crippen LogP contribution in [0.4, 0.5) is 10.5 Å². The lowest BCUT2D eigenvalue weighted by Gasteiger charge is -2.39. The van der Waals surface area contributed by atoms with Gasteiger partial charge in [-0.2, -0.15) is 0 Å². The summed E-state index contributed by atoms with van der Waals surface area (Å²) in [5.41, 5.74) is 14.4. The summed E-state index contributed by atoms with van der Waals surface area (Å²) < 4.78 is 6.11. The van der Waals surface area contributed by atoms with E-state index in [0.29, 0.717) is 19.1 Å². The SMILES string of the molecule is CC(C)(C)c1ccc(NC(=O)NCCCN(CC2OC(NC3C(N)C(N)N4CN34)C(O)C2O)C2CCC2)cc1. The number of rotatable bonds is 10. The molecule has 0 aromatic heterocycles. The lowest BCUT2D eigenvalue weighted by molar-refractivity contribution is -0.0448. The van der Waals surface area contributed by atoms with Gasteiger partial charge in [0.2, 0.25) is 0 Å². The Kier molecular flexibility index (Phi) is 8.49. The zero-order valence-corrected chi connectivity index (χ0v) is 23.3. The average Bonchev–Trinajstić information content (AvgIpc) is 3.55. The third kappa shape index (κ3) is 6.39. The van der Waals surface area contributed by atoms with Gasteiger partial charge in [0, 0.05) is 31.4 Å². The highest BCUT2D eigenvalue weighted by molar-refractivity contribution is 5.89. The number of nitrogens with zero attached hydrogens (tertiary/aromatic N) is 3. The number of hydrogen-bond donors (Lipinski definition) is 7. The number of anilines is 1. The monoisotopic (exact) mass is 546 g/mol. The molecule has 0 bridgehead atoms. The van der Waals surface area contributed by atoms with Gasteiger partial charge in [-0.3, -0.25) is 10.2 Å². The number of urea groups is 1. The van der Waals surface area contributed by atoms with Gasteiger partial charge in [-0.1, -0.05) is 39.3 Å². The lowest BCUT2D eigenvalue weighted by Crippen LogP contribution is -2.58. The number of hydrazine groups is 1. The van der Waals surface area contributed by atoms with Gasteiger partial charge in [0.25, 0.3) is 0 Å². The number of fused-ring (bicyclic) bond motifs is 1. The molecular formula is C27H46N8O4. The van der Waals surface area contributed by atoms with Crippen LogP contribution in [-0.4, -0.2) is 106 Å². The fourth-order valence-electron chi connectivity index (χ4n) is 5.74. The number of hydrogen-bond acceptors (Lipinski definition) is 10. The summed E-state index contributed by atoms with van der Waals surface area (Å²) in [6.07, 6.45) is 0.344. The molecule has 3 saturated heterocycles. The number of nitrogens with two attached hydrogens (primary N) is 2. The standard InChI is InChI=1S/C27H46N8O4/c1-27(2,3)16-8-10-17(11-9-16)31-26(38)30-12-5-13-33(18-6-4-7-18)14-19-21(36)22(37)25(39-19)32-24-20(28)23(29)34-15-35(24)34/h8-11,18-25,32,36-37H,4-7,12-15,28-29H2,1-3H3,(H2,30,31,38). The van der Waals surface area contributed by atoms with Crippen molar-refractivity contribution in [2.24, 2.45) is 11.5 Å². The van der Waals surface area contributed by atoms with Crippen molar-refractivity contribution in [1.82, 2.24) is 25.6 Å². The van der Waals surface area contributed by atoms with Crippen LogP contribution in [-0.2, 0) is 10.2 Å². The number of ether oxygens (including phenoxy) is 1. The van der Waals surface area contributed by atoms with Crippen LogP contribution in [0.3, 0.4) is 0 Å². The van der Waals surface area contributed by atoms with E-state index in [1.807, 2.05) is 34.3 Å². The second-order valence-corrected chi connectivity index (χ2v) is 12.4. The molecule has 12 heteroatoms. The topological polar surface area (TPSA) is 164 Å². The predicted octanol–water partition coefficient (Wildman–Crippen LogP) is -0.172. The third-order valence-electron chi connectivity index (χ3n) is 8.58. The highest BCUT2D eigenvalue weighted by Gasteiger charge is 2.56. The third-order valence-corrected chi connectivity index (χ3v) is 8.58. The molecule has 1 saturated carbocycles. The van der Waals surface area contributed by atoms with E-state index < -0.39 is 24.5 Å². The molecule has 3 aliphatic heterocycles. The van der Waals surface area contributed by atoms with Crippen LogP contribution in [0.2, 0.25) is 0 Å². The summed E-state index contributed by atoms with van der Waals surface area (Å²) >= 11 is 0. The van der Waals surface area contributed by atoms with E-state index in [0.717, 1.165) is 38.2 Å². The number of aliphatic hydroxyl groups excluding tert-OH is 2. The fraction of sp³-hybridized carbons (Fsp3) is 0.741. The van der Waals surface area contributed by atoms with Gasteiger partial charge in [-0.05, 0) is 42.4 Å². The van der Waals surface area contributed by atoms with Crippen LogP contribution in [0.1, 0.15) is 52.0 Å². The van der Waals surface area contributed by atoms with E-state index in [4.69, 9.17) is 16.2 Å². The molecule has 5 rings (SSSR count). The van der Waals surface area contributed by atoms with Crippen LogP contribution < -0.4 is 27.4 Å². The van der Waals surface area contributed by atoms with Crippen molar-refractivity contribution in [1.29, 1.82) is 0 Å². The summed E-state index contributed by atoms with van der Waals surface area (Å²) in [6, 6.07) is 7.81. The summed E-state index contributed by atoms with van der Waals surface area (Å²) in [6.45, 7) is 9.01. The van der Waals surface area contributed by atoms with Crippen LogP contribution in [0.5, 0.6) is 0 Å². The van der Waals surface area contributed by atoms with Gasteiger partial charge in [0.05, 0.1) is 25.0 Å². The first-order chi connectivity index (χ1) is 18.5. The second-order valence-electron chi connectivity index (χ2n) is 12.4. The number of benzene rings is 1. The Hall–Kier alpha value is -1.87. The molecule has 1 aliphatic carbocycles. The zero-order chi connectivity index (χ0) is 27.9. The van der Waals surface area contributed by atoms with Crippen molar-refractivity contribution in [2.75, 3.05) is 31.6 Å². The molecule has 4 aliphatic rings. The minimum Gasteiger partial charge on any atom is -0.387 e. The molecule has 9 unspecified atom stereocenters. The van der Waals surface area contributed by atoms with Gasteiger partial charge >= 0.3 is 6.03 Å². The van der Waals surface area contributed by atoms with Gasteiger partial charge < -0.3 is 37.1 Å². The van der Waals surface area contributed by atoms with E-state index in [1.165, 1.54) is 12.0 Å². The Morgan fingerprint density at radius 2 is 1.85 bits per heavy atom. The number of aliphatic hydroxyl groups is 2. The molecule has 0 spiro atoms. The zero-order valence-electron chi connectivity index (χ0n) is 23.3. The molecule has 9 N–H and O–H groups in total. The first kappa shape index (κ1) is 28.7. The Bertz CT molecular complexity index is 987. The summed E-state index contributed by atoms with van der Waals surface area (Å²) in [4.78, 5) is 14.7. The minimum atomic E-state index is -1.06. The molecule has 1 aromatic rings. The van der Waals surface area contributed by atoms with Gasteiger partial charge in [0.15, 0.2) is 0 Å². The number of nitrogens with one attached hydrogen (secondary N) is 3. The van der Waals surface area contributed by atoms with Crippen LogP contribution >= 0.6 is 0 Å². The molecular weight excluding hydrogens is 500 g/mol. The van der Waals surface area contributed by atoms with E-state index >= 15 is 0 Å². The van der Waals surface area contributed by atoms with Crippen molar-refractivity contribution in [3.05, 3.63) is 29.8 Å². The van der Waals surface area contributed by atoms with Crippen LogP contribution in [0.15, 0.2) is 24.3 Å². The van der Waals surface area contributed by atoms with Crippen molar-refractivity contribution >= 4 is 11.7 Å². The molecule has 39 heavy (non-hydrogen) atoms. The first-order valence-electron chi connectivity index (χ1n) is 14.2. The summed E-state index contributed by atoms with van der Waals surface area (Å²) in [5, 5.41) is 34.5. The minimum absolute atomic E-state index is 0.0660. The number of amides is 2. The fourth-order valence-corrected chi connectivity index (χ4v) is 5.74. The normalized spacial score (nSPS) is 36.1. The van der Waals surface area contributed by atoms with E-state index in [1.54, 1.807) is 0 Å². The molecule has 4 fully saturated rings. The lowest BCUT2D eigenvalue weighted by atomic mass is 9.87. The first-order valence-corrected chi connectivity index (χ1v) is 14.2. The average molecular weight is 547 g/mol.